The quantitative estimate of drug-likeness (QED) is 0.106. The van der Waals surface area contributed by atoms with E-state index in [-0.39, 0.29) is 13.4 Å². The number of fused-ring (bicyclic) bond motifs is 8. The minimum absolute atomic E-state index is 0.0221. The van der Waals surface area contributed by atoms with Gasteiger partial charge in [-0.25, -0.2) is 0 Å². The van der Waals surface area contributed by atoms with Crippen molar-refractivity contribution >= 4 is 114 Å². The van der Waals surface area contributed by atoms with Crippen LogP contribution in [0.1, 0.15) is 0 Å². The summed E-state index contributed by atoms with van der Waals surface area (Å²) in [7, 11) is 0. The van der Waals surface area contributed by atoms with Gasteiger partial charge >= 0.3 is 0 Å². The summed E-state index contributed by atoms with van der Waals surface area (Å²) in [6.45, 7) is 0.0315. The fourth-order valence-electron chi connectivity index (χ4n) is 17.5. The van der Waals surface area contributed by atoms with Gasteiger partial charge in [0.05, 0.1) is 18.1 Å². The Hall–Kier alpha value is -14.5. The molecule has 4 aromatic heterocycles. The number of benzene rings is 14. The maximum absolute atomic E-state index is 6.65. The van der Waals surface area contributed by atoms with Gasteiger partial charge in [0.1, 0.15) is 35.1 Å². The van der Waals surface area contributed by atoms with Crippen LogP contribution in [0.2, 0.25) is 0 Å². The van der Waals surface area contributed by atoms with Crippen molar-refractivity contribution in [2.75, 3.05) is 19.6 Å². The van der Waals surface area contributed by atoms with Gasteiger partial charge in [0.2, 0.25) is 0 Å². The third-order valence-electron chi connectivity index (χ3n) is 22.6. The van der Waals surface area contributed by atoms with Gasteiger partial charge in [0, 0.05) is 90.5 Å². The number of hydrogen-bond acceptors (Lipinski definition) is 8. The molecule has 4 aliphatic rings. The largest absolute Gasteiger partial charge is 0.464 e. The topological polar surface area (TPSA) is 65.5 Å². The predicted molar refractivity (Wildman–Crippen MR) is 452 cm³/mol. The lowest BCUT2D eigenvalue weighted by atomic mass is 9.33. The lowest BCUT2D eigenvalue weighted by molar-refractivity contribution is 0.574. The Morgan fingerprint density at radius 3 is 0.900 bits per heavy atom. The first-order valence-electron chi connectivity index (χ1n) is 37.4. The maximum atomic E-state index is 6.65. The van der Waals surface area contributed by atoms with E-state index in [1.54, 1.807) is 18.8 Å². The van der Waals surface area contributed by atoms with Crippen LogP contribution < -0.4 is 52.4 Å². The third-order valence-corrected chi connectivity index (χ3v) is 22.6. The molecule has 22 rings (SSSR count). The normalized spacial score (nSPS) is 12.8. The second kappa shape index (κ2) is 25.7. The van der Waals surface area contributed by atoms with Crippen LogP contribution >= 0.6 is 0 Å². The molecule has 0 fully saturated rings. The number of para-hydroxylation sites is 4. The molecular formula is C100H64B2N4O4. The summed E-state index contributed by atoms with van der Waals surface area (Å²) in [6, 6.07) is 134. The van der Waals surface area contributed by atoms with Crippen LogP contribution in [0, 0.1) is 0 Å². The van der Waals surface area contributed by atoms with Gasteiger partial charge in [-0.3, -0.25) is 0 Å². The Labute approximate surface area is 637 Å². The Balaban J connectivity index is 0.511. The maximum Gasteiger partial charge on any atom is 0.252 e. The molecule has 0 saturated heterocycles. The van der Waals surface area contributed by atoms with Crippen molar-refractivity contribution in [2.45, 2.75) is 0 Å². The van der Waals surface area contributed by atoms with Gasteiger partial charge in [-0.05, 0) is 217 Å². The zero-order chi connectivity index (χ0) is 72.3. The van der Waals surface area contributed by atoms with Crippen LogP contribution in [0.4, 0.5) is 68.2 Å². The van der Waals surface area contributed by atoms with E-state index in [0.29, 0.717) is 0 Å². The zero-order valence-corrected chi connectivity index (χ0v) is 59.5. The van der Waals surface area contributed by atoms with Crippen molar-refractivity contribution < 1.29 is 17.7 Å². The number of anilines is 12. The number of nitrogens with zero attached hydrogens (tertiary/aromatic N) is 4. The number of rotatable bonds is 13. The minimum atomic E-state index is -0.0221. The molecule has 0 bridgehead atoms. The molecule has 0 aliphatic carbocycles. The van der Waals surface area contributed by atoms with Crippen LogP contribution in [-0.4, -0.2) is 13.4 Å². The summed E-state index contributed by atoms with van der Waals surface area (Å²) in [4.78, 5) is 9.79. The van der Waals surface area contributed by atoms with Gasteiger partial charge in [0.15, 0.2) is 0 Å². The fraction of sp³-hybridized carbons (Fsp3) is 0. The fourth-order valence-corrected chi connectivity index (χ4v) is 17.5. The Kier molecular flexibility index (Phi) is 14.7. The summed E-state index contributed by atoms with van der Waals surface area (Å²) < 4.78 is 24.3. The molecule has 514 valence electrons. The zero-order valence-electron chi connectivity index (χ0n) is 59.5. The van der Waals surface area contributed by atoms with E-state index in [4.69, 9.17) is 17.7 Å². The van der Waals surface area contributed by atoms with Crippen molar-refractivity contribution in [3.63, 3.8) is 0 Å². The molecule has 18 aromatic rings. The summed E-state index contributed by atoms with van der Waals surface area (Å²) in [5, 5.41) is 0. The summed E-state index contributed by atoms with van der Waals surface area (Å²) in [5.41, 5.74) is 35.6. The minimum Gasteiger partial charge on any atom is -0.464 e. The van der Waals surface area contributed by atoms with E-state index < -0.39 is 0 Å². The summed E-state index contributed by atoms with van der Waals surface area (Å²) in [6.07, 6.45) is 5.22. The molecule has 8 heterocycles. The van der Waals surface area contributed by atoms with Gasteiger partial charge in [-0.1, -0.05) is 231 Å². The molecule has 4 aliphatic heterocycles. The van der Waals surface area contributed by atoms with E-state index >= 15 is 0 Å². The molecule has 0 unspecified atom stereocenters. The Morgan fingerprint density at radius 2 is 0.491 bits per heavy atom. The van der Waals surface area contributed by atoms with Crippen LogP contribution in [0.15, 0.2) is 407 Å². The van der Waals surface area contributed by atoms with Crippen LogP contribution in [0.5, 0.6) is 0 Å². The SMILES string of the molecule is c1ccc(N2c3ccc(-c4ccc(-c5ccc(-c6coc(-c7ccc(-c8ccc(N9c%10ccccc%10B%10c%11ccccc%11N(c%11ccc(-c%12ccc(-c%13ccco%13)cc%12)cc%11)c%11cccc9c%11%10)cc8)cc7)c6)o5)cc4)cc3B3c4ccccc4N(c4ccc(-c5ccc(-c6ccco6)cc5)cc4)c4cccc2c43)cc1. The highest BCUT2D eigenvalue weighted by molar-refractivity contribution is 7.01. The van der Waals surface area contributed by atoms with Gasteiger partial charge in [0.25, 0.3) is 13.4 Å². The smallest absolute Gasteiger partial charge is 0.252 e. The molecule has 14 aromatic carbocycles. The molecule has 10 heteroatoms. The van der Waals surface area contributed by atoms with Crippen LogP contribution in [-0.2, 0) is 0 Å². The first-order chi connectivity index (χ1) is 54.5. The van der Waals surface area contributed by atoms with Crippen molar-refractivity contribution in [1.29, 1.82) is 0 Å². The molecular weight excluding hydrogens is 1340 g/mol. The lowest BCUT2D eigenvalue weighted by Gasteiger charge is -2.44. The third kappa shape index (κ3) is 10.4. The second-order valence-electron chi connectivity index (χ2n) is 28.7. The van der Waals surface area contributed by atoms with Gasteiger partial charge in [-0.2, -0.15) is 0 Å². The van der Waals surface area contributed by atoms with Gasteiger partial charge < -0.3 is 37.3 Å². The average Bonchev–Trinajstić information content (AvgIpc) is 1.10. The van der Waals surface area contributed by atoms with Crippen molar-refractivity contribution in [2.24, 2.45) is 0 Å². The van der Waals surface area contributed by atoms with E-state index in [1.807, 2.05) is 30.3 Å². The summed E-state index contributed by atoms with van der Waals surface area (Å²) >= 11 is 0. The van der Waals surface area contributed by atoms with Crippen molar-refractivity contribution in [1.82, 2.24) is 0 Å². The lowest BCUT2D eigenvalue weighted by Crippen LogP contribution is -2.61. The average molecular weight is 1410 g/mol. The first kappa shape index (κ1) is 62.9. The first-order valence-corrected chi connectivity index (χ1v) is 37.4. The molecule has 8 nitrogen and oxygen atoms in total. The number of hydrogen-bond donors (Lipinski definition) is 0. The molecule has 0 N–H and O–H groups in total. The van der Waals surface area contributed by atoms with E-state index in [1.165, 1.54) is 78.3 Å². The molecule has 0 spiro atoms. The highest BCUT2D eigenvalue weighted by Crippen LogP contribution is 2.48. The monoisotopic (exact) mass is 1410 g/mol. The number of furan rings is 4. The molecule has 0 atom stereocenters. The standard InChI is InChI=1S/C100H64B2N4O4/c1-2-14-78(15-3-1)103-89-57-50-76(62-85(89)102-84-18-6-9-21-88(84)106(93-25-11-24-92(103)100(93)102)81-55-46-69(47-56-81)66-30-38-73(39-31-66)95-27-13-61-108-95)71-34-40-74(41-35-71)96-58-59-97(110-96)77-63-98(109-64-77)75-42-32-67(33-43-75)70-48-53-80(54-49-70)105-87-20-8-5-17-83(87)101-82-16-4-7-19-86(82)104(90-22-10-23-91(105)99(90)101)79-51-44-68(45-52-79)65-28-36-72(37-29-65)94-26-12-60-107-94/h1-64H. The second-order valence-corrected chi connectivity index (χ2v) is 28.7. The van der Waals surface area contributed by atoms with E-state index in [0.717, 1.165) is 124 Å². The molecule has 0 amide bonds. The van der Waals surface area contributed by atoms with Crippen molar-refractivity contribution in [3.8, 4) is 101 Å². The van der Waals surface area contributed by atoms with Crippen molar-refractivity contribution in [3.05, 3.63) is 389 Å². The van der Waals surface area contributed by atoms with E-state index in [2.05, 4.69) is 359 Å². The summed E-state index contributed by atoms with van der Waals surface area (Å²) in [5.74, 6) is 4.02. The van der Waals surface area contributed by atoms with Crippen LogP contribution in [0.3, 0.4) is 0 Å². The molecule has 0 radical (unpaired) electrons. The van der Waals surface area contributed by atoms with E-state index in [9.17, 15) is 0 Å². The molecule has 0 saturated carbocycles. The highest BCUT2D eigenvalue weighted by atomic mass is 16.4. The predicted octanol–water partition coefficient (Wildman–Crippen LogP) is 23.2. The molecule has 110 heavy (non-hydrogen) atoms. The highest BCUT2D eigenvalue weighted by Gasteiger charge is 2.45. The Bertz CT molecular complexity index is 6510. The van der Waals surface area contributed by atoms with Gasteiger partial charge in [-0.15, -0.1) is 0 Å². The Morgan fingerprint density at radius 1 is 0.182 bits per heavy atom. The van der Waals surface area contributed by atoms with Crippen LogP contribution in [0.25, 0.3) is 101 Å².